The molecule has 127 valence electrons. The Labute approximate surface area is 154 Å². The lowest BCUT2D eigenvalue weighted by Gasteiger charge is -2.35. The van der Waals surface area contributed by atoms with Gasteiger partial charge in [-0.25, -0.2) is 0 Å². The van der Waals surface area contributed by atoms with E-state index in [4.69, 9.17) is 16.0 Å². The molecular formula is C23H22ClO. The van der Waals surface area contributed by atoms with Gasteiger partial charge in [-0.1, -0.05) is 60.5 Å². The van der Waals surface area contributed by atoms with Crippen LogP contribution in [0.15, 0.2) is 71.3 Å². The van der Waals surface area contributed by atoms with Gasteiger partial charge < -0.3 is 4.42 Å². The third-order valence-electron chi connectivity index (χ3n) is 5.23. The Morgan fingerprint density at radius 2 is 1.80 bits per heavy atom. The molecule has 1 aliphatic carbocycles. The zero-order valence-corrected chi connectivity index (χ0v) is 15.0. The number of furan rings is 1. The van der Waals surface area contributed by atoms with Gasteiger partial charge in [-0.3, -0.25) is 0 Å². The zero-order chi connectivity index (χ0) is 17.1. The van der Waals surface area contributed by atoms with Crippen molar-refractivity contribution in [3.63, 3.8) is 0 Å². The van der Waals surface area contributed by atoms with Crippen molar-refractivity contribution in [3.8, 4) is 0 Å². The van der Waals surface area contributed by atoms with Crippen LogP contribution in [0.4, 0.5) is 0 Å². The van der Waals surface area contributed by atoms with Crippen LogP contribution in [-0.2, 0) is 12.8 Å². The number of rotatable bonds is 6. The molecule has 0 atom stereocenters. The minimum atomic E-state index is 0.675. The minimum Gasteiger partial charge on any atom is -0.469 e. The predicted molar refractivity (Wildman–Crippen MR) is 103 cm³/mol. The quantitative estimate of drug-likeness (QED) is 0.495. The van der Waals surface area contributed by atoms with Crippen LogP contribution in [0.3, 0.4) is 0 Å². The van der Waals surface area contributed by atoms with Crippen molar-refractivity contribution in [2.24, 2.45) is 5.92 Å². The molecule has 0 N–H and O–H groups in total. The average molecular weight is 350 g/mol. The molecule has 0 aliphatic heterocycles. The van der Waals surface area contributed by atoms with E-state index < -0.39 is 0 Å². The molecule has 1 fully saturated rings. The van der Waals surface area contributed by atoms with Gasteiger partial charge in [-0.2, -0.15) is 0 Å². The van der Waals surface area contributed by atoms with Crippen LogP contribution in [0.5, 0.6) is 0 Å². The molecule has 0 spiro atoms. The normalized spacial score (nSPS) is 14.6. The van der Waals surface area contributed by atoms with Crippen molar-refractivity contribution < 1.29 is 4.42 Å². The van der Waals surface area contributed by atoms with Crippen LogP contribution < -0.4 is 0 Å². The molecule has 0 bridgehead atoms. The van der Waals surface area contributed by atoms with E-state index in [1.54, 1.807) is 6.26 Å². The van der Waals surface area contributed by atoms with Gasteiger partial charge >= 0.3 is 0 Å². The zero-order valence-electron chi connectivity index (χ0n) is 14.2. The van der Waals surface area contributed by atoms with Crippen LogP contribution >= 0.6 is 11.6 Å². The average Bonchev–Trinajstić information content (AvgIpc) is 3.09. The topological polar surface area (TPSA) is 13.1 Å². The molecular weight excluding hydrogens is 328 g/mol. The second kappa shape index (κ2) is 7.49. The summed E-state index contributed by atoms with van der Waals surface area (Å²) < 4.78 is 5.58. The van der Waals surface area contributed by atoms with E-state index in [9.17, 15) is 0 Å². The molecule has 4 rings (SSSR count). The van der Waals surface area contributed by atoms with E-state index in [0.29, 0.717) is 5.92 Å². The Balaban J connectivity index is 1.70. The summed E-state index contributed by atoms with van der Waals surface area (Å²) in [5.41, 5.74) is 3.88. The summed E-state index contributed by atoms with van der Waals surface area (Å²) in [6.07, 6.45) is 7.37. The van der Waals surface area contributed by atoms with Gasteiger partial charge in [-0.15, -0.1) is 0 Å². The first-order valence-corrected chi connectivity index (χ1v) is 9.39. The number of benzene rings is 2. The lowest BCUT2D eigenvalue weighted by molar-refractivity contribution is 0.331. The third kappa shape index (κ3) is 3.67. The Morgan fingerprint density at radius 3 is 2.48 bits per heavy atom. The van der Waals surface area contributed by atoms with E-state index in [0.717, 1.165) is 23.6 Å². The van der Waals surface area contributed by atoms with E-state index in [1.165, 1.54) is 41.9 Å². The highest BCUT2D eigenvalue weighted by Crippen LogP contribution is 2.43. The number of hydrogen-bond acceptors (Lipinski definition) is 1. The fourth-order valence-corrected chi connectivity index (χ4v) is 3.90. The molecule has 0 unspecified atom stereocenters. The molecule has 3 aromatic rings. The summed E-state index contributed by atoms with van der Waals surface area (Å²) in [7, 11) is 0. The van der Waals surface area contributed by atoms with E-state index in [-0.39, 0.29) is 0 Å². The molecule has 1 heterocycles. The second-order valence-corrected chi connectivity index (χ2v) is 7.24. The van der Waals surface area contributed by atoms with Crippen molar-refractivity contribution in [2.75, 3.05) is 0 Å². The van der Waals surface area contributed by atoms with Gasteiger partial charge in [0.1, 0.15) is 5.76 Å². The highest BCUT2D eigenvalue weighted by molar-refractivity contribution is 6.31. The first-order chi connectivity index (χ1) is 12.3. The van der Waals surface area contributed by atoms with E-state index >= 15 is 0 Å². The minimum absolute atomic E-state index is 0.675. The Hall–Kier alpha value is -1.99. The first-order valence-electron chi connectivity index (χ1n) is 9.01. The number of hydrogen-bond donors (Lipinski definition) is 0. The van der Waals surface area contributed by atoms with E-state index in [2.05, 4.69) is 42.5 Å². The molecule has 1 nitrogen and oxygen atoms in total. The molecule has 2 aromatic carbocycles. The van der Waals surface area contributed by atoms with Gasteiger partial charge in [0, 0.05) is 17.4 Å². The van der Waals surface area contributed by atoms with Crippen LogP contribution in [0.25, 0.3) is 0 Å². The van der Waals surface area contributed by atoms with Crippen molar-refractivity contribution >= 4 is 11.6 Å². The third-order valence-corrected chi connectivity index (χ3v) is 5.59. The van der Waals surface area contributed by atoms with Gasteiger partial charge in [0.05, 0.1) is 6.26 Å². The Morgan fingerprint density at radius 1 is 0.960 bits per heavy atom. The second-order valence-electron chi connectivity index (χ2n) is 6.84. The fourth-order valence-electron chi connectivity index (χ4n) is 3.66. The predicted octanol–water partition coefficient (Wildman–Crippen LogP) is 6.49. The van der Waals surface area contributed by atoms with Crippen molar-refractivity contribution in [1.82, 2.24) is 0 Å². The van der Waals surface area contributed by atoms with Crippen LogP contribution in [-0.4, -0.2) is 0 Å². The van der Waals surface area contributed by atoms with Gasteiger partial charge in [0.2, 0.25) is 0 Å². The Bertz CT molecular complexity index is 803. The molecule has 2 heteroatoms. The highest BCUT2D eigenvalue weighted by atomic mass is 35.5. The SMILES string of the molecule is Clc1cccc([C](Cc2ccccc2)C2CCC2)c1Cc1ccco1. The van der Waals surface area contributed by atoms with Gasteiger partial charge in [0.25, 0.3) is 0 Å². The molecule has 1 saturated carbocycles. The molecule has 1 aromatic heterocycles. The highest BCUT2D eigenvalue weighted by Gasteiger charge is 2.31. The molecule has 25 heavy (non-hydrogen) atoms. The van der Waals surface area contributed by atoms with Crippen molar-refractivity contribution in [1.29, 1.82) is 0 Å². The maximum atomic E-state index is 6.60. The summed E-state index contributed by atoms with van der Waals surface area (Å²) in [6.45, 7) is 0. The van der Waals surface area contributed by atoms with Crippen molar-refractivity contribution in [3.05, 3.63) is 100 Å². The fraction of sp³-hybridized carbons (Fsp3) is 0.261. The summed E-state index contributed by atoms with van der Waals surface area (Å²) >= 11 is 6.60. The molecule has 0 amide bonds. The van der Waals surface area contributed by atoms with Crippen LogP contribution in [0.1, 0.15) is 41.7 Å². The molecule has 1 aliphatic rings. The maximum Gasteiger partial charge on any atom is 0.108 e. The summed E-state index contributed by atoms with van der Waals surface area (Å²) in [6, 6.07) is 21.0. The maximum absolute atomic E-state index is 6.60. The molecule has 0 saturated heterocycles. The van der Waals surface area contributed by atoms with Crippen molar-refractivity contribution in [2.45, 2.75) is 32.1 Å². The molecule has 1 radical (unpaired) electrons. The lowest BCUT2D eigenvalue weighted by atomic mass is 9.69. The Kier molecular flexibility index (Phi) is 4.94. The summed E-state index contributed by atoms with van der Waals surface area (Å²) in [5, 5.41) is 0.832. The van der Waals surface area contributed by atoms with Gasteiger partial charge in [0.15, 0.2) is 0 Å². The number of halogens is 1. The standard InChI is InChI=1S/C23H22ClO/c24-23-13-5-12-20(22(23)16-19-11-6-14-25-19)21(18-9-4-10-18)15-17-7-2-1-3-8-17/h1-3,5-8,11-14,18H,4,9-10,15-16H2. The smallest absolute Gasteiger partial charge is 0.108 e. The van der Waals surface area contributed by atoms with Crippen LogP contribution in [0, 0.1) is 11.8 Å². The van der Waals surface area contributed by atoms with Crippen LogP contribution in [0.2, 0.25) is 5.02 Å². The summed E-state index contributed by atoms with van der Waals surface area (Å²) in [5.74, 6) is 3.16. The largest absolute Gasteiger partial charge is 0.469 e. The summed E-state index contributed by atoms with van der Waals surface area (Å²) in [4.78, 5) is 0. The van der Waals surface area contributed by atoms with Gasteiger partial charge in [-0.05, 0) is 60.1 Å². The monoisotopic (exact) mass is 349 g/mol. The van der Waals surface area contributed by atoms with E-state index in [1.807, 2.05) is 18.2 Å². The first kappa shape index (κ1) is 16.5. The lowest BCUT2D eigenvalue weighted by Crippen LogP contribution is -2.24.